The van der Waals surface area contributed by atoms with Gasteiger partial charge in [0.05, 0.1) is 11.9 Å². The van der Waals surface area contributed by atoms with Gasteiger partial charge in [0.1, 0.15) is 11.2 Å². The summed E-state index contributed by atoms with van der Waals surface area (Å²) in [6.45, 7) is 9.12. The molecule has 2 atom stereocenters. The van der Waals surface area contributed by atoms with E-state index < -0.39 is 0 Å². The van der Waals surface area contributed by atoms with Gasteiger partial charge >= 0.3 is 6.03 Å². The molecule has 0 radical (unpaired) electrons. The summed E-state index contributed by atoms with van der Waals surface area (Å²) in [7, 11) is 1.95. The Labute approximate surface area is 201 Å². The Balaban J connectivity index is 1.40. The van der Waals surface area contributed by atoms with Crippen LogP contribution in [0, 0.1) is 12.8 Å². The Morgan fingerprint density at radius 1 is 1.21 bits per heavy atom. The van der Waals surface area contributed by atoms with Crippen LogP contribution in [0.25, 0.3) is 22.7 Å². The van der Waals surface area contributed by atoms with Gasteiger partial charge in [0.15, 0.2) is 5.58 Å². The highest BCUT2D eigenvalue weighted by Crippen LogP contribution is 2.45. The van der Waals surface area contributed by atoms with E-state index in [0.29, 0.717) is 17.5 Å². The minimum absolute atomic E-state index is 0.0329. The van der Waals surface area contributed by atoms with Gasteiger partial charge in [0.25, 0.3) is 0 Å². The van der Waals surface area contributed by atoms with Gasteiger partial charge in [-0.05, 0) is 80.0 Å². The lowest BCUT2D eigenvalue weighted by Gasteiger charge is -2.43. The average molecular weight is 462 g/mol. The highest BCUT2D eigenvalue weighted by Gasteiger charge is 2.39. The van der Waals surface area contributed by atoms with Crippen LogP contribution in [0.3, 0.4) is 0 Å². The van der Waals surface area contributed by atoms with Crippen LogP contribution in [-0.2, 0) is 11.8 Å². The maximum absolute atomic E-state index is 13.0. The van der Waals surface area contributed by atoms with Crippen LogP contribution in [0.5, 0.6) is 0 Å². The quantitative estimate of drug-likeness (QED) is 0.523. The zero-order valence-corrected chi connectivity index (χ0v) is 20.8. The molecule has 2 amide bonds. The number of hydrogen-bond acceptors (Lipinski definition) is 5. The van der Waals surface area contributed by atoms with Crippen molar-refractivity contribution >= 4 is 17.1 Å². The fraction of sp³-hybridized carbons (Fsp3) is 0.556. The van der Waals surface area contributed by atoms with E-state index in [-0.39, 0.29) is 11.4 Å². The van der Waals surface area contributed by atoms with Crippen LogP contribution in [0.4, 0.5) is 4.79 Å². The van der Waals surface area contributed by atoms with Crippen LogP contribution >= 0.6 is 0 Å². The van der Waals surface area contributed by atoms with Crippen molar-refractivity contribution < 1.29 is 9.21 Å². The summed E-state index contributed by atoms with van der Waals surface area (Å²) in [6, 6.07) is 4.54. The summed E-state index contributed by atoms with van der Waals surface area (Å²) in [6.07, 6.45) is 10.00. The molecular formula is C27H35N5O2. The molecule has 1 aromatic carbocycles. The molecule has 1 saturated heterocycles. The molecule has 0 bridgehead atoms. The average Bonchev–Trinajstić information content (AvgIpc) is 3.28. The SMILES string of the molecule is Cc1cnc(-c2nc3cc4c(cc3o2)[C@](C)(CCN(C)C(=O)N2CCCCC2)[C@H](C)CC4)cn1. The van der Waals surface area contributed by atoms with E-state index in [1.165, 1.54) is 17.5 Å². The first-order valence-corrected chi connectivity index (χ1v) is 12.6. The molecule has 5 rings (SSSR count). The van der Waals surface area contributed by atoms with Crippen molar-refractivity contribution in [3.05, 3.63) is 41.3 Å². The fourth-order valence-electron chi connectivity index (χ4n) is 5.53. The molecule has 2 aromatic heterocycles. The number of fused-ring (bicyclic) bond motifs is 2. The summed E-state index contributed by atoms with van der Waals surface area (Å²) < 4.78 is 6.15. The van der Waals surface area contributed by atoms with Crippen LogP contribution in [0.15, 0.2) is 28.9 Å². The number of likely N-dealkylation sites (tertiary alicyclic amines) is 1. The first-order valence-electron chi connectivity index (χ1n) is 12.6. The second kappa shape index (κ2) is 9.01. The maximum atomic E-state index is 13.0. The van der Waals surface area contributed by atoms with Gasteiger partial charge in [-0.3, -0.25) is 4.98 Å². The van der Waals surface area contributed by atoms with Gasteiger partial charge in [0, 0.05) is 32.9 Å². The number of nitrogens with zero attached hydrogens (tertiary/aromatic N) is 5. The van der Waals surface area contributed by atoms with Crippen molar-refractivity contribution in [3.63, 3.8) is 0 Å². The number of aromatic nitrogens is 3. The largest absolute Gasteiger partial charge is 0.435 e. The molecule has 2 aliphatic rings. The first kappa shape index (κ1) is 22.8. The van der Waals surface area contributed by atoms with Crippen LogP contribution in [0.1, 0.15) is 62.8 Å². The predicted octanol–water partition coefficient (Wildman–Crippen LogP) is 5.36. The Morgan fingerprint density at radius 3 is 2.74 bits per heavy atom. The molecule has 1 fully saturated rings. The summed E-state index contributed by atoms with van der Waals surface area (Å²) in [5.74, 6) is 1.02. The molecule has 0 saturated carbocycles. The number of carbonyl (C=O) groups excluding carboxylic acids is 1. The van der Waals surface area contributed by atoms with Crippen molar-refractivity contribution in [2.24, 2.45) is 5.92 Å². The van der Waals surface area contributed by atoms with Crippen LogP contribution < -0.4 is 0 Å². The zero-order valence-electron chi connectivity index (χ0n) is 20.8. The molecule has 0 spiro atoms. The third-order valence-electron chi connectivity index (χ3n) is 8.08. The van der Waals surface area contributed by atoms with E-state index >= 15 is 0 Å². The van der Waals surface area contributed by atoms with E-state index in [0.717, 1.165) is 68.5 Å². The van der Waals surface area contributed by atoms with E-state index in [9.17, 15) is 4.79 Å². The molecule has 1 aliphatic heterocycles. The second-order valence-electron chi connectivity index (χ2n) is 10.4. The van der Waals surface area contributed by atoms with Gasteiger partial charge in [0.2, 0.25) is 5.89 Å². The molecule has 34 heavy (non-hydrogen) atoms. The van der Waals surface area contributed by atoms with E-state index in [2.05, 4.69) is 35.9 Å². The minimum Gasteiger partial charge on any atom is -0.435 e. The normalized spacial score (nSPS) is 22.6. The lowest BCUT2D eigenvalue weighted by molar-refractivity contribution is 0.145. The Hall–Kier alpha value is -2.96. The number of hydrogen-bond donors (Lipinski definition) is 0. The molecule has 3 aromatic rings. The molecule has 180 valence electrons. The van der Waals surface area contributed by atoms with Gasteiger partial charge < -0.3 is 14.2 Å². The van der Waals surface area contributed by atoms with E-state index in [1.54, 1.807) is 12.4 Å². The molecule has 7 nitrogen and oxygen atoms in total. The van der Waals surface area contributed by atoms with Crippen LogP contribution in [0.2, 0.25) is 0 Å². The zero-order chi connectivity index (χ0) is 23.9. The number of urea groups is 1. The maximum Gasteiger partial charge on any atom is 0.319 e. The number of carbonyl (C=O) groups is 1. The predicted molar refractivity (Wildman–Crippen MR) is 133 cm³/mol. The first-order chi connectivity index (χ1) is 16.3. The molecule has 7 heteroatoms. The van der Waals surface area contributed by atoms with Crippen molar-refractivity contribution in [1.29, 1.82) is 0 Å². The summed E-state index contributed by atoms with van der Waals surface area (Å²) in [5, 5.41) is 0. The van der Waals surface area contributed by atoms with Crippen LogP contribution in [-0.4, -0.2) is 57.5 Å². The van der Waals surface area contributed by atoms with Crippen molar-refractivity contribution in [2.45, 2.75) is 64.7 Å². The number of aryl methyl sites for hydroxylation is 2. The Bertz CT molecular complexity index is 1180. The molecule has 1 aliphatic carbocycles. The topological polar surface area (TPSA) is 75.4 Å². The van der Waals surface area contributed by atoms with Crippen molar-refractivity contribution in [2.75, 3.05) is 26.7 Å². The lowest BCUT2D eigenvalue weighted by Crippen LogP contribution is -2.46. The third-order valence-corrected chi connectivity index (χ3v) is 8.08. The number of amides is 2. The number of rotatable bonds is 4. The molecule has 0 unspecified atom stereocenters. The monoisotopic (exact) mass is 461 g/mol. The number of benzene rings is 1. The van der Waals surface area contributed by atoms with E-state index in [1.807, 2.05) is 23.8 Å². The van der Waals surface area contributed by atoms with Gasteiger partial charge in [-0.2, -0.15) is 0 Å². The van der Waals surface area contributed by atoms with Crippen molar-refractivity contribution in [1.82, 2.24) is 24.8 Å². The summed E-state index contributed by atoms with van der Waals surface area (Å²) >= 11 is 0. The molecule has 0 N–H and O–H groups in total. The smallest absolute Gasteiger partial charge is 0.319 e. The molecular weight excluding hydrogens is 426 g/mol. The Kier molecular flexibility index (Phi) is 6.04. The summed E-state index contributed by atoms with van der Waals surface area (Å²) in [5.41, 5.74) is 5.80. The highest BCUT2D eigenvalue weighted by molar-refractivity contribution is 5.78. The van der Waals surface area contributed by atoms with Gasteiger partial charge in [-0.25, -0.2) is 14.8 Å². The highest BCUT2D eigenvalue weighted by atomic mass is 16.3. The van der Waals surface area contributed by atoms with Crippen molar-refractivity contribution in [3.8, 4) is 11.6 Å². The third kappa shape index (κ3) is 4.17. The Morgan fingerprint density at radius 2 is 2.00 bits per heavy atom. The second-order valence-corrected chi connectivity index (χ2v) is 10.4. The molecule has 3 heterocycles. The van der Waals surface area contributed by atoms with Gasteiger partial charge in [-0.1, -0.05) is 13.8 Å². The van der Waals surface area contributed by atoms with E-state index in [4.69, 9.17) is 9.40 Å². The standard InChI is InChI=1S/C27H35N5O2/c1-18-8-9-20-14-22-24(34-25(30-22)23-17-28-19(2)16-29-23)15-21(20)27(18,3)10-13-31(4)26(33)32-11-6-5-7-12-32/h14-18H,5-13H2,1-4H3/t18-,27-/m1/s1. The minimum atomic E-state index is -0.0329. The van der Waals surface area contributed by atoms with Gasteiger partial charge in [-0.15, -0.1) is 0 Å². The summed E-state index contributed by atoms with van der Waals surface area (Å²) in [4.78, 5) is 30.3. The fourth-order valence-corrected chi connectivity index (χ4v) is 5.53. The lowest BCUT2D eigenvalue weighted by atomic mass is 9.63. The number of oxazole rings is 1. The number of piperidine rings is 1.